The monoisotopic (exact) mass is 471 g/mol. The van der Waals surface area contributed by atoms with Crippen LogP contribution in [-0.4, -0.2) is 47.5 Å². The molecule has 1 amide bonds. The summed E-state index contributed by atoms with van der Waals surface area (Å²) in [5.41, 5.74) is 3.11. The molecule has 0 aliphatic carbocycles. The van der Waals surface area contributed by atoms with E-state index in [4.69, 9.17) is 18.6 Å². The van der Waals surface area contributed by atoms with Gasteiger partial charge in [0.1, 0.15) is 5.75 Å². The van der Waals surface area contributed by atoms with Crippen LogP contribution < -0.4 is 14.2 Å². The third-order valence-electron chi connectivity index (χ3n) is 5.02. The number of hydrogen-bond acceptors (Lipinski definition) is 8. The normalized spacial score (nSPS) is 10.7. The van der Waals surface area contributed by atoms with Gasteiger partial charge in [-0.1, -0.05) is 30.0 Å². The average molecular weight is 472 g/mol. The molecule has 0 N–H and O–H groups in total. The summed E-state index contributed by atoms with van der Waals surface area (Å²) in [6.45, 7) is 7.15. The van der Waals surface area contributed by atoms with E-state index < -0.39 is 0 Å². The first kappa shape index (κ1) is 24.4. The Labute approximate surface area is 198 Å². The number of aromatic nitrogens is 2. The fourth-order valence-electron chi connectivity index (χ4n) is 3.15. The lowest BCUT2D eigenvalue weighted by Crippen LogP contribution is -2.31. The van der Waals surface area contributed by atoms with Crippen LogP contribution in [0.4, 0.5) is 0 Å². The van der Waals surface area contributed by atoms with Crippen LogP contribution in [0.3, 0.4) is 0 Å². The van der Waals surface area contributed by atoms with E-state index in [0.717, 1.165) is 22.4 Å². The van der Waals surface area contributed by atoms with Gasteiger partial charge in [0.2, 0.25) is 5.91 Å². The molecule has 3 aromatic rings. The van der Waals surface area contributed by atoms with Crippen molar-refractivity contribution in [2.45, 2.75) is 39.1 Å². The van der Waals surface area contributed by atoms with Gasteiger partial charge in [-0.05, 0) is 55.7 Å². The number of carbonyl (C=O) groups excluding carboxylic acids is 1. The summed E-state index contributed by atoms with van der Waals surface area (Å²) in [5, 5.41) is 8.37. The van der Waals surface area contributed by atoms with Crippen LogP contribution in [0.15, 0.2) is 46.0 Å². The lowest BCUT2D eigenvalue weighted by atomic mass is 10.1. The summed E-state index contributed by atoms with van der Waals surface area (Å²) in [6, 6.07) is 11.6. The van der Waals surface area contributed by atoms with Crippen LogP contribution in [0.2, 0.25) is 0 Å². The lowest BCUT2D eigenvalue weighted by Gasteiger charge is -2.21. The predicted octanol–water partition coefficient (Wildman–Crippen LogP) is 4.42. The van der Waals surface area contributed by atoms with E-state index in [-0.39, 0.29) is 18.3 Å². The fraction of sp³-hybridized carbons (Fsp3) is 0.375. The highest BCUT2D eigenvalue weighted by Crippen LogP contribution is 2.28. The molecule has 0 atom stereocenters. The number of nitrogens with zero attached hydrogens (tertiary/aromatic N) is 3. The van der Waals surface area contributed by atoms with Gasteiger partial charge < -0.3 is 23.5 Å². The van der Waals surface area contributed by atoms with Crippen LogP contribution >= 0.6 is 11.8 Å². The highest BCUT2D eigenvalue weighted by atomic mass is 32.2. The summed E-state index contributed by atoms with van der Waals surface area (Å²) in [4.78, 5) is 14.5. The van der Waals surface area contributed by atoms with Gasteiger partial charge in [-0.15, -0.1) is 10.2 Å². The van der Waals surface area contributed by atoms with Gasteiger partial charge in [0, 0.05) is 13.1 Å². The van der Waals surface area contributed by atoms with E-state index in [0.29, 0.717) is 35.7 Å². The number of amides is 1. The average Bonchev–Trinajstić information content (AvgIpc) is 3.29. The molecule has 0 saturated heterocycles. The van der Waals surface area contributed by atoms with Crippen LogP contribution in [0.25, 0.3) is 0 Å². The van der Waals surface area contributed by atoms with Gasteiger partial charge in [0.05, 0.1) is 20.0 Å². The van der Waals surface area contributed by atoms with Gasteiger partial charge in [0.15, 0.2) is 18.1 Å². The Kier molecular flexibility index (Phi) is 8.59. The molecule has 0 radical (unpaired) electrons. The second kappa shape index (κ2) is 11.6. The van der Waals surface area contributed by atoms with E-state index in [1.165, 1.54) is 11.8 Å². The molecule has 0 aliphatic heterocycles. The fourth-order valence-corrected chi connectivity index (χ4v) is 3.83. The largest absolute Gasteiger partial charge is 0.493 e. The zero-order chi connectivity index (χ0) is 23.8. The molecule has 0 saturated carbocycles. The van der Waals surface area contributed by atoms with Crippen LogP contribution in [0, 0.1) is 13.8 Å². The van der Waals surface area contributed by atoms with E-state index in [1.807, 2.05) is 57.2 Å². The number of benzene rings is 2. The zero-order valence-corrected chi connectivity index (χ0v) is 20.4. The van der Waals surface area contributed by atoms with Crippen molar-refractivity contribution >= 4 is 17.7 Å². The summed E-state index contributed by atoms with van der Waals surface area (Å²) in [7, 11) is 3.18. The van der Waals surface area contributed by atoms with Gasteiger partial charge in [-0.3, -0.25) is 4.79 Å². The first-order valence-electron chi connectivity index (χ1n) is 10.6. The molecule has 9 heteroatoms. The maximum absolute atomic E-state index is 12.8. The van der Waals surface area contributed by atoms with E-state index in [9.17, 15) is 4.79 Å². The number of hydrogen-bond donors (Lipinski definition) is 0. The maximum atomic E-state index is 12.8. The first-order chi connectivity index (χ1) is 15.9. The van der Waals surface area contributed by atoms with Crippen LogP contribution in [0.1, 0.15) is 29.5 Å². The van der Waals surface area contributed by atoms with Crippen molar-refractivity contribution in [3.63, 3.8) is 0 Å². The van der Waals surface area contributed by atoms with Crippen molar-refractivity contribution in [1.82, 2.24) is 15.1 Å². The number of carbonyl (C=O) groups is 1. The Morgan fingerprint density at radius 2 is 1.82 bits per heavy atom. The highest BCUT2D eigenvalue weighted by Gasteiger charge is 2.16. The lowest BCUT2D eigenvalue weighted by molar-refractivity contribution is -0.128. The molecule has 0 unspecified atom stereocenters. The second-order valence-corrected chi connectivity index (χ2v) is 8.33. The molecule has 3 rings (SSSR count). The molecular formula is C24H29N3O5S. The number of aryl methyl sites for hydroxylation is 2. The smallest absolute Gasteiger partial charge is 0.277 e. The predicted molar refractivity (Wildman–Crippen MR) is 126 cm³/mol. The molecule has 1 heterocycles. The number of rotatable bonds is 11. The van der Waals surface area contributed by atoms with Crippen molar-refractivity contribution in [2.24, 2.45) is 0 Å². The zero-order valence-electron chi connectivity index (χ0n) is 19.6. The Morgan fingerprint density at radius 1 is 1.03 bits per heavy atom. The minimum absolute atomic E-state index is 0.0244. The van der Waals surface area contributed by atoms with Gasteiger partial charge >= 0.3 is 0 Å². The Bertz CT molecular complexity index is 1090. The summed E-state index contributed by atoms with van der Waals surface area (Å²) in [5.74, 6) is 2.61. The molecule has 0 bridgehead atoms. The summed E-state index contributed by atoms with van der Waals surface area (Å²) < 4.78 is 22.1. The standard InChI is InChI=1S/C24H29N3O5S/c1-6-27(13-18-9-10-19(29-4)21(12-18)30-5)23(28)15-33-24-26-25-22(32-24)14-31-20-11-16(2)7-8-17(20)3/h7-12H,6,13-15H2,1-5H3. The quantitative estimate of drug-likeness (QED) is 0.380. The van der Waals surface area contributed by atoms with Crippen molar-refractivity contribution in [3.05, 3.63) is 59.0 Å². The van der Waals surface area contributed by atoms with Crippen molar-refractivity contribution < 1.29 is 23.4 Å². The van der Waals surface area contributed by atoms with Crippen molar-refractivity contribution in [3.8, 4) is 17.2 Å². The number of thioether (sulfide) groups is 1. The number of methoxy groups -OCH3 is 2. The van der Waals surface area contributed by atoms with Gasteiger partial charge in [-0.25, -0.2) is 0 Å². The van der Waals surface area contributed by atoms with E-state index >= 15 is 0 Å². The third-order valence-corrected chi connectivity index (χ3v) is 5.82. The summed E-state index contributed by atoms with van der Waals surface area (Å²) >= 11 is 1.21. The molecule has 176 valence electrons. The molecule has 1 aromatic heterocycles. The Morgan fingerprint density at radius 3 is 2.55 bits per heavy atom. The molecular weight excluding hydrogens is 442 g/mol. The summed E-state index contributed by atoms with van der Waals surface area (Å²) in [6.07, 6.45) is 0. The van der Waals surface area contributed by atoms with Gasteiger partial charge in [-0.2, -0.15) is 0 Å². The Balaban J connectivity index is 1.53. The van der Waals surface area contributed by atoms with Gasteiger partial charge in [0.25, 0.3) is 11.1 Å². The SMILES string of the molecule is CCN(Cc1ccc(OC)c(OC)c1)C(=O)CSc1nnc(COc2cc(C)ccc2C)o1. The van der Waals surface area contributed by atoms with Crippen molar-refractivity contribution in [2.75, 3.05) is 26.5 Å². The highest BCUT2D eigenvalue weighted by molar-refractivity contribution is 7.99. The third kappa shape index (κ3) is 6.64. The minimum atomic E-state index is -0.0244. The van der Waals surface area contributed by atoms with Crippen LogP contribution in [-0.2, 0) is 17.9 Å². The first-order valence-corrected chi connectivity index (χ1v) is 11.6. The second-order valence-electron chi connectivity index (χ2n) is 7.41. The minimum Gasteiger partial charge on any atom is -0.493 e. The Hall–Kier alpha value is -3.20. The molecule has 2 aromatic carbocycles. The van der Waals surface area contributed by atoms with Crippen LogP contribution in [0.5, 0.6) is 17.2 Å². The molecule has 0 fully saturated rings. The molecule has 33 heavy (non-hydrogen) atoms. The molecule has 0 aliphatic rings. The number of ether oxygens (including phenoxy) is 3. The topological polar surface area (TPSA) is 86.9 Å². The maximum Gasteiger partial charge on any atom is 0.277 e. The molecule has 8 nitrogen and oxygen atoms in total. The van der Waals surface area contributed by atoms with E-state index in [2.05, 4.69) is 10.2 Å². The molecule has 0 spiro atoms. The van der Waals surface area contributed by atoms with Crippen molar-refractivity contribution in [1.29, 1.82) is 0 Å². The van der Waals surface area contributed by atoms with E-state index in [1.54, 1.807) is 19.1 Å².